The van der Waals surface area contributed by atoms with Gasteiger partial charge < -0.3 is 9.64 Å². The van der Waals surface area contributed by atoms with Crippen LogP contribution >= 0.6 is 0 Å². The van der Waals surface area contributed by atoms with E-state index in [9.17, 15) is 0 Å². The monoisotopic (exact) mass is 227 g/mol. The number of hydrogen-bond donors (Lipinski definition) is 0. The van der Waals surface area contributed by atoms with Crippen molar-refractivity contribution >= 4 is 0 Å². The van der Waals surface area contributed by atoms with Crippen molar-refractivity contribution in [3.8, 4) is 0 Å². The smallest absolute Gasteiger partial charge is 0.0594 e. The highest BCUT2D eigenvalue weighted by Gasteiger charge is 2.16. The van der Waals surface area contributed by atoms with Gasteiger partial charge in [0, 0.05) is 52.4 Å². The molecule has 0 saturated carbocycles. The van der Waals surface area contributed by atoms with Crippen molar-refractivity contribution in [3.63, 3.8) is 0 Å². The SMILES string of the molecule is CCN1CCN(CCN2CCOCC2)CC1. The molecule has 0 aromatic carbocycles. The molecule has 0 N–H and O–H groups in total. The molecule has 0 aromatic rings. The fraction of sp³-hybridized carbons (Fsp3) is 1.00. The molecule has 0 atom stereocenters. The van der Waals surface area contributed by atoms with Gasteiger partial charge in [0.15, 0.2) is 0 Å². The molecule has 4 heteroatoms. The Labute approximate surface area is 99.1 Å². The third kappa shape index (κ3) is 3.70. The predicted molar refractivity (Wildman–Crippen MR) is 65.8 cm³/mol. The van der Waals surface area contributed by atoms with Crippen LogP contribution in [-0.2, 0) is 4.74 Å². The number of nitrogens with zero attached hydrogens (tertiary/aromatic N) is 3. The Morgan fingerprint density at radius 2 is 1.25 bits per heavy atom. The van der Waals surface area contributed by atoms with E-state index >= 15 is 0 Å². The lowest BCUT2D eigenvalue weighted by molar-refractivity contribution is 0.0301. The summed E-state index contributed by atoms with van der Waals surface area (Å²) in [5, 5.41) is 0. The minimum atomic E-state index is 0.920. The van der Waals surface area contributed by atoms with Crippen LogP contribution in [0, 0.1) is 0 Å². The van der Waals surface area contributed by atoms with E-state index in [-0.39, 0.29) is 0 Å². The predicted octanol–water partition coefficient (Wildman–Crippen LogP) is -0.0439. The van der Waals surface area contributed by atoms with Crippen molar-refractivity contribution < 1.29 is 4.74 Å². The lowest BCUT2D eigenvalue weighted by atomic mass is 10.3. The van der Waals surface area contributed by atoms with E-state index < -0.39 is 0 Å². The van der Waals surface area contributed by atoms with Gasteiger partial charge in [-0.3, -0.25) is 9.80 Å². The summed E-state index contributed by atoms with van der Waals surface area (Å²) in [6, 6.07) is 0. The van der Waals surface area contributed by atoms with Gasteiger partial charge in [-0.05, 0) is 6.54 Å². The summed E-state index contributed by atoms with van der Waals surface area (Å²) in [7, 11) is 0. The van der Waals surface area contributed by atoms with Gasteiger partial charge in [-0.15, -0.1) is 0 Å². The number of rotatable bonds is 4. The first-order chi connectivity index (χ1) is 7.88. The molecule has 2 aliphatic heterocycles. The molecular weight excluding hydrogens is 202 g/mol. The standard InChI is InChI=1S/C12H25N3O/c1-2-13-3-5-14(6-4-13)7-8-15-9-11-16-12-10-15/h2-12H2,1H3. The highest BCUT2D eigenvalue weighted by Crippen LogP contribution is 2.02. The number of ether oxygens (including phenoxy) is 1. The summed E-state index contributed by atoms with van der Waals surface area (Å²) in [6.45, 7) is 15.0. The summed E-state index contributed by atoms with van der Waals surface area (Å²) in [5.74, 6) is 0. The van der Waals surface area contributed by atoms with Crippen molar-refractivity contribution in [2.75, 3.05) is 72.1 Å². The average Bonchev–Trinajstić information content (AvgIpc) is 2.38. The van der Waals surface area contributed by atoms with Gasteiger partial charge in [0.1, 0.15) is 0 Å². The Bertz CT molecular complexity index is 187. The second-order valence-corrected chi connectivity index (χ2v) is 4.73. The second-order valence-electron chi connectivity index (χ2n) is 4.73. The number of piperazine rings is 1. The van der Waals surface area contributed by atoms with Crippen LogP contribution < -0.4 is 0 Å². The van der Waals surface area contributed by atoms with E-state index in [1.54, 1.807) is 0 Å². The third-order valence-corrected chi connectivity index (χ3v) is 3.75. The first kappa shape index (κ1) is 12.3. The molecule has 0 bridgehead atoms. The Balaban J connectivity index is 1.59. The van der Waals surface area contributed by atoms with E-state index in [0.29, 0.717) is 0 Å². The van der Waals surface area contributed by atoms with Gasteiger partial charge in [-0.2, -0.15) is 0 Å². The molecule has 2 heterocycles. The topological polar surface area (TPSA) is 19.0 Å². The maximum atomic E-state index is 5.36. The minimum absolute atomic E-state index is 0.920. The molecule has 2 aliphatic rings. The molecule has 94 valence electrons. The highest BCUT2D eigenvalue weighted by atomic mass is 16.5. The van der Waals surface area contributed by atoms with Crippen LogP contribution in [0.4, 0.5) is 0 Å². The fourth-order valence-electron chi connectivity index (χ4n) is 2.44. The van der Waals surface area contributed by atoms with Crippen LogP contribution in [0.5, 0.6) is 0 Å². The van der Waals surface area contributed by atoms with Crippen LogP contribution in [0.1, 0.15) is 6.92 Å². The van der Waals surface area contributed by atoms with Gasteiger partial charge in [0.2, 0.25) is 0 Å². The molecule has 0 radical (unpaired) electrons. The molecule has 16 heavy (non-hydrogen) atoms. The Morgan fingerprint density at radius 3 is 1.81 bits per heavy atom. The van der Waals surface area contributed by atoms with Crippen LogP contribution in [0.25, 0.3) is 0 Å². The van der Waals surface area contributed by atoms with Crippen LogP contribution in [0.3, 0.4) is 0 Å². The molecule has 0 aromatic heterocycles. The molecule has 0 spiro atoms. The van der Waals surface area contributed by atoms with Gasteiger partial charge in [0.05, 0.1) is 13.2 Å². The molecule has 0 unspecified atom stereocenters. The van der Waals surface area contributed by atoms with Crippen molar-refractivity contribution in [2.45, 2.75) is 6.92 Å². The zero-order chi connectivity index (χ0) is 11.2. The summed E-state index contributed by atoms with van der Waals surface area (Å²) < 4.78 is 5.36. The Hall–Kier alpha value is -0.160. The van der Waals surface area contributed by atoms with Crippen LogP contribution in [0.2, 0.25) is 0 Å². The average molecular weight is 227 g/mol. The first-order valence-electron chi connectivity index (χ1n) is 6.63. The van der Waals surface area contributed by atoms with Gasteiger partial charge >= 0.3 is 0 Å². The lowest BCUT2D eigenvalue weighted by Gasteiger charge is -2.35. The molecule has 2 fully saturated rings. The van der Waals surface area contributed by atoms with Gasteiger partial charge in [0.25, 0.3) is 0 Å². The van der Waals surface area contributed by atoms with Gasteiger partial charge in [-0.25, -0.2) is 0 Å². The van der Waals surface area contributed by atoms with Gasteiger partial charge in [-0.1, -0.05) is 6.92 Å². The largest absolute Gasteiger partial charge is 0.379 e. The third-order valence-electron chi connectivity index (χ3n) is 3.75. The van der Waals surface area contributed by atoms with Crippen LogP contribution in [0.15, 0.2) is 0 Å². The Morgan fingerprint density at radius 1 is 0.750 bits per heavy atom. The van der Waals surface area contributed by atoms with E-state index in [2.05, 4.69) is 21.6 Å². The van der Waals surface area contributed by atoms with Crippen LogP contribution in [-0.4, -0.2) is 86.8 Å². The number of likely N-dealkylation sites (N-methyl/N-ethyl adjacent to an activating group) is 1. The minimum Gasteiger partial charge on any atom is -0.379 e. The molecule has 4 nitrogen and oxygen atoms in total. The number of hydrogen-bond acceptors (Lipinski definition) is 4. The maximum absolute atomic E-state index is 5.36. The van der Waals surface area contributed by atoms with Crippen molar-refractivity contribution in [2.24, 2.45) is 0 Å². The number of morpholine rings is 1. The van der Waals surface area contributed by atoms with E-state index in [4.69, 9.17) is 4.74 Å². The summed E-state index contributed by atoms with van der Waals surface area (Å²) in [6.07, 6.45) is 0. The lowest BCUT2D eigenvalue weighted by Crippen LogP contribution is -2.49. The zero-order valence-corrected chi connectivity index (χ0v) is 10.5. The normalized spacial score (nSPS) is 26.1. The van der Waals surface area contributed by atoms with Crippen molar-refractivity contribution in [1.82, 2.24) is 14.7 Å². The van der Waals surface area contributed by atoms with Crippen molar-refractivity contribution in [1.29, 1.82) is 0 Å². The summed E-state index contributed by atoms with van der Waals surface area (Å²) >= 11 is 0. The molecule has 0 amide bonds. The zero-order valence-electron chi connectivity index (χ0n) is 10.5. The molecular formula is C12H25N3O. The van der Waals surface area contributed by atoms with E-state index in [1.807, 2.05) is 0 Å². The molecule has 0 aliphatic carbocycles. The first-order valence-corrected chi connectivity index (χ1v) is 6.63. The maximum Gasteiger partial charge on any atom is 0.0594 e. The molecule has 2 rings (SSSR count). The van der Waals surface area contributed by atoms with E-state index in [1.165, 1.54) is 45.8 Å². The van der Waals surface area contributed by atoms with Crippen molar-refractivity contribution in [3.05, 3.63) is 0 Å². The quantitative estimate of drug-likeness (QED) is 0.670. The van der Waals surface area contributed by atoms with E-state index in [0.717, 1.165) is 26.3 Å². The summed E-state index contributed by atoms with van der Waals surface area (Å²) in [4.78, 5) is 7.66. The Kier molecular flexibility index (Phi) is 5.03. The second kappa shape index (κ2) is 6.55. The fourth-order valence-corrected chi connectivity index (χ4v) is 2.44. The molecule has 2 saturated heterocycles. The summed E-state index contributed by atoms with van der Waals surface area (Å²) in [5.41, 5.74) is 0. The highest BCUT2D eigenvalue weighted by molar-refractivity contribution is 4.72.